The second-order valence-corrected chi connectivity index (χ2v) is 8.75. The fourth-order valence-electron chi connectivity index (χ4n) is 2.93. The molecule has 0 unspecified atom stereocenters. The van der Waals surface area contributed by atoms with Crippen molar-refractivity contribution in [3.63, 3.8) is 0 Å². The van der Waals surface area contributed by atoms with Gasteiger partial charge in [-0.1, -0.05) is 35.9 Å². The minimum absolute atomic E-state index is 0.0765. The Morgan fingerprint density at radius 1 is 0.933 bits per heavy atom. The molecule has 30 heavy (non-hydrogen) atoms. The summed E-state index contributed by atoms with van der Waals surface area (Å²) in [6.07, 6.45) is 0. The molecule has 0 fully saturated rings. The van der Waals surface area contributed by atoms with Crippen molar-refractivity contribution in [1.29, 1.82) is 0 Å². The van der Waals surface area contributed by atoms with E-state index in [-0.39, 0.29) is 11.4 Å². The zero-order valence-corrected chi connectivity index (χ0v) is 17.9. The van der Waals surface area contributed by atoms with Crippen LogP contribution in [0.15, 0.2) is 77.7 Å². The number of benzene rings is 3. The van der Waals surface area contributed by atoms with Crippen LogP contribution in [0.1, 0.15) is 11.1 Å². The number of carbonyl (C=O) groups excluding carboxylic acids is 1. The van der Waals surface area contributed by atoms with Crippen molar-refractivity contribution in [3.05, 3.63) is 83.9 Å². The van der Waals surface area contributed by atoms with E-state index in [2.05, 4.69) is 5.32 Å². The van der Waals surface area contributed by atoms with E-state index in [1.54, 1.807) is 30.3 Å². The molecule has 0 aliphatic rings. The van der Waals surface area contributed by atoms with Crippen molar-refractivity contribution < 1.29 is 17.9 Å². The van der Waals surface area contributed by atoms with E-state index >= 15 is 0 Å². The summed E-state index contributed by atoms with van der Waals surface area (Å²) in [7, 11) is -2.46. The summed E-state index contributed by atoms with van der Waals surface area (Å²) in [5.41, 5.74) is 2.94. The van der Waals surface area contributed by atoms with E-state index in [0.29, 0.717) is 17.1 Å². The Labute approximate surface area is 177 Å². The standard InChI is InChI=1S/C23H24N2O4S/c1-17-8-10-19(11-9-17)25(16-23(26)24-22-7-5-4-6-18(22)2)30(27,28)21-14-12-20(29-3)13-15-21/h4-15H,16H2,1-3H3,(H,24,26). The van der Waals surface area contributed by atoms with Crippen LogP contribution in [0.2, 0.25) is 0 Å². The Balaban J connectivity index is 1.94. The quantitative estimate of drug-likeness (QED) is 0.618. The molecule has 156 valence electrons. The second-order valence-electron chi connectivity index (χ2n) is 6.89. The molecular weight excluding hydrogens is 400 g/mol. The highest BCUT2D eigenvalue weighted by Crippen LogP contribution is 2.26. The Kier molecular flexibility index (Phi) is 6.42. The van der Waals surface area contributed by atoms with Crippen LogP contribution in [0.4, 0.5) is 11.4 Å². The number of nitrogens with one attached hydrogen (secondary N) is 1. The summed E-state index contributed by atoms with van der Waals surface area (Å²) < 4.78 is 33.0. The van der Waals surface area contributed by atoms with Gasteiger partial charge in [0, 0.05) is 5.69 Å². The number of rotatable bonds is 7. The van der Waals surface area contributed by atoms with Crippen molar-refractivity contribution in [2.24, 2.45) is 0 Å². The average Bonchev–Trinajstić information content (AvgIpc) is 2.74. The van der Waals surface area contributed by atoms with Gasteiger partial charge < -0.3 is 10.1 Å². The van der Waals surface area contributed by atoms with Gasteiger partial charge in [-0.2, -0.15) is 0 Å². The minimum atomic E-state index is -3.97. The number of aryl methyl sites for hydroxylation is 2. The largest absolute Gasteiger partial charge is 0.497 e. The van der Waals surface area contributed by atoms with E-state index in [1.807, 2.05) is 44.2 Å². The molecule has 0 heterocycles. The van der Waals surface area contributed by atoms with Gasteiger partial charge in [-0.3, -0.25) is 9.10 Å². The molecule has 0 radical (unpaired) electrons. The second kappa shape index (κ2) is 9.00. The first-order chi connectivity index (χ1) is 14.3. The number of methoxy groups -OCH3 is 1. The summed E-state index contributed by atoms with van der Waals surface area (Å²) >= 11 is 0. The third-order valence-electron chi connectivity index (χ3n) is 4.68. The molecule has 0 aliphatic carbocycles. The lowest BCUT2D eigenvalue weighted by molar-refractivity contribution is -0.114. The Morgan fingerprint density at radius 3 is 2.17 bits per heavy atom. The first kappa shape index (κ1) is 21.4. The molecule has 0 saturated carbocycles. The highest BCUT2D eigenvalue weighted by atomic mass is 32.2. The Morgan fingerprint density at radius 2 is 1.57 bits per heavy atom. The molecule has 0 bridgehead atoms. The van der Waals surface area contributed by atoms with Crippen molar-refractivity contribution in [3.8, 4) is 5.75 Å². The van der Waals surface area contributed by atoms with Gasteiger partial charge in [0.2, 0.25) is 5.91 Å². The van der Waals surface area contributed by atoms with Crippen LogP contribution >= 0.6 is 0 Å². The number of hydrogen-bond acceptors (Lipinski definition) is 4. The lowest BCUT2D eigenvalue weighted by atomic mass is 10.2. The average molecular weight is 425 g/mol. The lowest BCUT2D eigenvalue weighted by Crippen LogP contribution is -2.38. The summed E-state index contributed by atoms with van der Waals surface area (Å²) in [5.74, 6) is 0.120. The maximum absolute atomic E-state index is 13.4. The van der Waals surface area contributed by atoms with Gasteiger partial charge in [-0.25, -0.2) is 8.42 Å². The van der Waals surface area contributed by atoms with Crippen LogP contribution in [0.3, 0.4) is 0 Å². The SMILES string of the molecule is COc1ccc(S(=O)(=O)N(CC(=O)Nc2ccccc2C)c2ccc(C)cc2)cc1. The number of anilines is 2. The van der Waals surface area contributed by atoms with Gasteiger partial charge in [-0.05, 0) is 61.9 Å². The van der Waals surface area contributed by atoms with Gasteiger partial charge in [-0.15, -0.1) is 0 Å². The summed E-state index contributed by atoms with van der Waals surface area (Å²) in [4.78, 5) is 12.8. The molecule has 0 aromatic heterocycles. The zero-order valence-electron chi connectivity index (χ0n) is 17.1. The van der Waals surface area contributed by atoms with Crippen LogP contribution in [0, 0.1) is 13.8 Å². The van der Waals surface area contributed by atoms with Gasteiger partial charge >= 0.3 is 0 Å². The number of carbonyl (C=O) groups is 1. The van der Waals surface area contributed by atoms with E-state index in [0.717, 1.165) is 15.4 Å². The van der Waals surface area contributed by atoms with Gasteiger partial charge in [0.1, 0.15) is 12.3 Å². The fourth-order valence-corrected chi connectivity index (χ4v) is 4.36. The number of sulfonamides is 1. The monoisotopic (exact) mass is 424 g/mol. The normalized spacial score (nSPS) is 11.0. The third kappa shape index (κ3) is 4.80. The topological polar surface area (TPSA) is 75.7 Å². The maximum atomic E-state index is 13.4. The van der Waals surface area contributed by atoms with Crippen molar-refractivity contribution in [2.75, 3.05) is 23.3 Å². The molecule has 0 atom stereocenters. The molecule has 1 N–H and O–H groups in total. The summed E-state index contributed by atoms with van der Waals surface area (Å²) in [6, 6.07) is 20.4. The summed E-state index contributed by atoms with van der Waals surface area (Å²) in [5, 5.41) is 2.80. The first-order valence-corrected chi connectivity index (χ1v) is 10.8. The first-order valence-electron chi connectivity index (χ1n) is 9.40. The highest BCUT2D eigenvalue weighted by Gasteiger charge is 2.27. The van der Waals surface area contributed by atoms with Crippen molar-refractivity contribution >= 4 is 27.3 Å². The molecule has 7 heteroatoms. The molecule has 0 aliphatic heterocycles. The van der Waals surface area contributed by atoms with Gasteiger partial charge in [0.05, 0.1) is 17.7 Å². The molecule has 3 rings (SSSR count). The fraction of sp³-hybridized carbons (Fsp3) is 0.174. The molecule has 0 spiro atoms. The molecule has 1 amide bonds. The highest BCUT2D eigenvalue weighted by molar-refractivity contribution is 7.92. The van der Waals surface area contributed by atoms with Crippen molar-refractivity contribution in [1.82, 2.24) is 0 Å². The molecular formula is C23H24N2O4S. The van der Waals surface area contributed by atoms with E-state index in [4.69, 9.17) is 4.74 Å². The number of amides is 1. The summed E-state index contributed by atoms with van der Waals surface area (Å²) in [6.45, 7) is 3.43. The molecule has 3 aromatic rings. The van der Waals surface area contributed by atoms with Crippen LogP contribution in [-0.2, 0) is 14.8 Å². The van der Waals surface area contributed by atoms with Gasteiger partial charge in [0.25, 0.3) is 10.0 Å². The van der Waals surface area contributed by atoms with Crippen LogP contribution in [0.25, 0.3) is 0 Å². The number of para-hydroxylation sites is 1. The van der Waals surface area contributed by atoms with E-state index in [9.17, 15) is 13.2 Å². The lowest BCUT2D eigenvalue weighted by Gasteiger charge is -2.24. The number of ether oxygens (including phenoxy) is 1. The van der Waals surface area contributed by atoms with Crippen LogP contribution in [-0.4, -0.2) is 28.0 Å². The molecule has 0 saturated heterocycles. The Hall–Kier alpha value is -3.32. The van der Waals surface area contributed by atoms with E-state index in [1.165, 1.54) is 19.2 Å². The minimum Gasteiger partial charge on any atom is -0.497 e. The maximum Gasteiger partial charge on any atom is 0.264 e. The smallest absolute Gasteiger partial charge is 0.264 e. The van der Waals surface area contributed by atoms with Crippen LogP contribution in [0.5, 0.6) is 5.75 Å². The predicted octanol–water partition coefficient (Wildman–Crippen LogP) is 4.15. The number of hydrogen-bond donors (Lipinski definition) is 1. The number of nitrogens with zero attached hydrogens (tertiary/aromatic N) is 1. The Bertz CT molecular complexity index is 1120. The zero-order chi connectivity index (χ0) is 21.7. The molecule has 6 nitrogen and oxygen atoms in total. The third-order valence-corrected chi connectivity index (χ3v) is 6.46. The van der Waals surface area contributed by atoms with Gasteiger partial charge in [0.15, 0.2) is 0 Å². The van der Waals surface area contributed by atoms with E-state index < -0.39 is 15.9 Å². The predicted molar refractivity (Wildman–Crippen MR) is 119 cm³/mol. The van der Waals surface area contributed by atoms with Crippen molar-refractivity contribution in [2.45, 2.75) is 18.7 Å². The van der Waals surface area contributed by atoms with Crippen LogP contribution < -0.4 is 14.4 Å². The molecule has 3 aromatic carbocycles.